The van der Waals surface area contributed by atoms with Gasteiger partial charge in [-0.1, -0.05) is 13.3 Å². The van der Waals surface area contributed by atoms with Gasteiger partial charge in [0.05, 0.1) is 25.6 Å². The van der Waals surface area contributed by atoms with Gasteiger partial charge < -0.3 is 14.2 Å². The molecule has 0 aliphatic carbocycles. The lowest BCUT2D eigenvalue weighted by Crippen LogP contribution is -2.18. The molecule has 0 N–H and O–H groups in total. The molecule has 0 aliphatic rings. The summed E-state index contributed by atoms with van der Waals surface area (Å²) in [5, 5.41) is 0. The maximum atomic E-state index is 11.2. The maximum absolute atomic E-state index is 11.2. The molecule has 0 aromatic rings. The quantitative estimate of drug-likeness (QED) is 0.457. The first-order chi connectivity index (χ1) is 8.10. The molecule has 0 saturated carbocycles. The molecule has 0 rings (SSSR count). The van der Waals surface area contributed by atoms with Crippen LogP contribution in [0, 0.1) is 0 Å². The molecule has 0 spiro atoms. The molecular formula is C12H22O5. The number of methoxy groups -OCH3 is 1. The number of esters is 2. The summed E-state index contributed by atoms with van der Waals surface area (Å²) < 4.78 is 14.7. The fourth-order valence-electron chi connectivity index (χ4n) is 0.957. The predicted molar refractivity (Wildman–Crippen MR) is 62.5 cm³/mol. The molecule has 17 heavy (non-hydrogen) atoms. The second kappa shape index (κ2) is 10.1. The van der Waals surface area contributed by atoms with Crippen molar-refractivity contribution in [2.75, 3.05) is 20.3 Å². The van der Waals surface area contributed by atoms with Crippen molar-refractivity contribution in [3.8, 4) is 0 Å². The molecule has 1 unspecified atom stereocenters. The summed E-state index contributed by atoms with van der Waals surface area (Å²) in [5.74, 6) is -0.753. The third kappa shape index (κ3) is 9.81. The molecule has 100 valence electrons. The Labute approximate surface area is 102 Å². The van der Waals surface area contributed by atoms with Gasteiger partial charge in [-0.15, -0.1) is 0 Å². The number of carbonyl (C=O) groups excluding carboxylic acids is 2. The van der Waals surface area contributed by atoms with Gasteiger partial charge in [0.25, 0.3) is 0 Å². The minimum atomic E-state index is -0.402. The number of rotatable bonds is 9. The monoisotopic (exact) mass is 246 g/mol. The highest BCUT2D eigenvalue weighted by Crippen LogP contribution is 1.99. The lowest BCUT2D eigenvalue weighted by atomic mass is 10.3. The molecule has 0 bridgehead atoms. The van der Waals surface area contributed by atoms with Gasteiger partial charge in [0.1, 0.15) is 6.61 Å². The summed E-state index contributed by atoms with van der Waals surface area (Å²) in [6.07, 6.45) is 1.83. The molecule has 0 amide bonds. The molecule has 0 saturated heterocycles. The Morgan fingerprint density at radius 1 is 1.12 bits per heavy atom. The molecule has 0 aromatic heterocycles. The zero-order valence-electron chi connectivity index (χ0n) is 10.9. The van der Waals surface area contributed by atoms with Crippen LogP contribution in [0.4, 0.5) is 0 Å². The van der Waals surface area contributed by atoms with Crippen LogP contribution in [0.2, 0.25) is 0 Å². The van der Waals surface area contributed by atoms with Crippen molar-refractivity contribution in [3.05, 3.63) is 0 Å². The first-order valence-electron chi connectivity index (χ1n) is 5.94. The Morgan fingerprint density at radius 3 is 2.24 bits per heavy atom. The van der Waals surface area contributed by atoms with Crippen molar-refractivity contribution in [2.24, 2.45) is 0 Å². The van der Waals surface area contributed by atoms with E-state index in [2.05, 4.69) is 0 Å². The van der Waals surface area contributed by atoms with Crippen LogP contribution in [0.1, 0.15) is 39.5 Å². The zero-order chi connectivity index (χ0) is 13.1. The standard InChI is InChI=1S/C12H22O5/c1-4-5-8-16-11(13)6-7-12(14)17-9-10(2)15-3/h10H,4-9H2,1-3H3. The van der Waals surface area contributed by atoms with Gasteiger partial charge in [0.2, 0.25) is 0 Å². The molecule has 1 atom stereocenters. The molecule has 0 radical (unpaired) electrons. The number of carbonyl (C=O) groups is 2. The van der Waals surface area contributed by atoms with Crippen molar-refractivity contribution < 1.29 is 23.8 Å². The van der Waals surface area contributed by atoms with Crippen molar-refractivity contribution in [1.82, 2.24) is 0 Å². The van der Waals surface area contributed by atoms with Gasteiger partial charge in [-0.25, -0.2) is 0 Å². The lowest BCUT2D eigenvalue weighted by Gasteiger charge is -2.09. The summed E-state index contributed by atoms with van der Waals surface area (Å²) in [4.78, 5) is 22.4. The first kappa shape index (κ1) is 15.9. The molecular weight excluding hydrogens is 224 g/mol. The number of ether oxygens (including phenoxy) is 3. The second-order valence-corrected chi connectivity index (χ2v) is 3.80. The van der Waals surface area contributed by atoms with E-state index in [1.54, 1.807) is 14.0 Å². The van der Waals surface area contributed by atoms with E-state index >= 15 is 0 Å². The maximum Gasteiger partial charge on any atom is 0.306 e. The molecule has 0 fully saturated rings. The van der Waals surface area contributed by atoms with Gasteiger partial charge in [0, 0.05) is 7.11 Å². The summed E-state index contributed by atoms with van der Waals surface area (Å²) in [5.41, 5.74) is 0. The van der Waals surface area contributed by atoms with Crippen LogP contribution in [0.25, 0.3) is 0 Å². The van der Waals surface area contributed by atoms with E-state index in [-0.39, 0.29) is 31.5 Å². The third-order valence-electron chi connectivity index (χ3n) is 2.18. The lowest BCUT2D eigenvalue weighted by molar-refractivity contribution is -0.152. The van der Waals surface area contributed by atoms with E-state index in [0.717, 1.165) is 12.8 Å². The second-order valence-electron chi connectivity index (χ2n) is 3.80. The Balaban J connectivity index is 3.52. The van der Waals surface area contributed by atoms with Crippen LogP contribution in [-0.4, -0.2) is 38.4 Å². The van der Waals surface area contributed by atoms with E-state index in [9.17, 15) is 9.59 Å². The smallest absolute Gasteiger partial charge is 0.306 e. The summed E-state index contributed by atoms with van der Waals surface area (Å²) in [6.45, 7) is 4.44. The van der Waals surface area contributed by atoms with Crippen molar-refractivity contribution in [2.45, 2.75) is 45.6 Å². The van der Waals surface area contributed by atoms with Crippen LogP contribution >= 0.6 is 0 Å². The van der Waals surface area contributed by atoms with Crippen molar-refractivity contribution in [3.63, 3.8) is 0 Å². The number of hydrogen-bond donors (Lipinski definition) is 0. The van der Waals surface area contributed by atoms with Gasteiger partial charge in [-0.3, -0.25) is 9.59 Å². The molecule has 5 nitrogen and oxygen atoms in total. The highest BCUT2D eigenvalue weighted by Gasteiger charge is 2.10. The van der Waals surface area contributed by atoms with Crippen molar-refractivity contribution >= 4 is 11.9 Å². The topological polar surface area (TPSA) is 61.8 Å². The van der Waals surface area contributed by atoms with Gasteiger partial charge in [-0.05, 0) is 13.3 Å². The third-order valence-corrected chi connectivity index (χ3v) is 2.18. The van der Waals surface area contributed by atoms with E-state index < -0.39 is 5.97 Å². The minimum absolute atomic E-state index is 0.0569. The molecule has 0 aliphatic heterocycles. The molecule has 0 heterocycles. The van der Waals surface area contributed by atoms with E-state index in [1.165, 1.54) is 0 Å². The minimum Gasteiger partial charge on any atom is -0.466 e. The predicted octanol–water partition coefficient (Wildman–Crippen LogP) is 1.69. The average Bonchev–Trinajstić information content (AvgIpc) is 2.33. The van der Waals surface area contributed by atoms with Gasteiger partial charge >= 0.3 is 11.9 Å². The van der Waals surface area contributed by atoms with Crippen LogP contribution in [-0.2, 0) is 23.8 Å². The Morgan fingerprint density at radius 2 is 1.71 bits per heavy atom. The fraction of sp³-hybridized carbons (Fsp3) is 0.833. The van der Waals surface area contributed by atoms with Crippen LogP contribution in [0.5, 0.6) is 0 Å². The van der Waals surface area contributed by atoms with Gasteiger partial charge in [-0.2, -0.15) is 0 Å². The Kier molecular flexibility index (Phi) is 9.43. The Bertz CT molecular complexity index is 227. The average molecular weight is 246 g/mol. The Hall–Kier alpha value is -1.10. The first-order valence-corrected chi connectivity index (χ1v) is 5.94. The summed E-state index contributed by atoms with van der Waals surface area (Å²) in [7, 11) is 1.55. The van der Waals surface area contributed by atoms with Crippen molar-refractivity contribution in [1.29, 1.82) is 0 Å². The zero-order valence-corrected chi connectivity index (χ0v) is 10.9. The molecule has 0 aromatic carbocycles. The van der Waals surface area contributed by atoms with Gasteiger partial charge in [0.15, 0.2) is 0 Å². The highest BCUT2D eigenvalue weighted by atomic mass is 16.6. The normalized spacial score (nSPS) is 11.9. The van der Waals surface area contributed by atoms with E-state index in [1.807, 2.05) is 6.92 Å². The SMILES string of the molecule is CCCCOC(=O)CCC(=O)OCC(C)OC. The van der Waals surface area contributed by atoms with Crippen LogP contribution in [0.3, 0.4) is 0 Å². The largest absolute Gasteiger partial charge is 0.466 e. The fourth-order valence-corrected chi connectivity index (χ4v) is 0.957. The molecule has 5 heteroatoms. The van der Waals surface area contributed by atoms with E-state index in [4.69, 9.17) is 14.2 Å². The highest BCUT2D eigenvalue weighted by molar-refractivity contribution is 5.77. The number of hydrogen-bond acceptors (Lipinski definition) is 5. The van der Waals surface area contributed by atoms with Crippen LogP contribution in [0.15, 0.2) is 0 Å². The van der Waals surface area contributed by atoms with Crippen LogP contribution < -0.4 is 0 Å². The summed E-state index contributed by atoms with van der Waals surface area (Å²) in [6, 6.07) is 0. The van der Waals surface area contributed by atoms with E-state index in [0.29, 0.717) is 6.61 Å². The summed E-state index contributed by atoms with van der Waals surface area (Å²) >= 11 is 0. The number of unbranched alkanes of at least 4 members (excludes halogenated alkanes) is 1.